The van der Waals surface area contributed by atoms with E-state index in [-0.39, 0.29) is 24.2 Å². The van der Waals surface area contributed by atoms with Crippen molar-refractivity contribution in [2.24, 2.45) is 0 Å². The molecule has 28 heavy (non-hydrogen) atoms. The van der Waals surface area contributed by atoms with Crippen LogP contribution in [0.1, 0.15) is 24.0 Å². The third-order valence-corrected chi connectivity index (χ3v) is 4.99. The Labute approximate surface area is 163 Å². The van der Waals surface area contributed by atoms with Crippen LogP contribution in [0.25, 0.3) is 10.9 Å². The zero-order chi connectivity index (χ0) is 19.7. The molecule has 6 heteroatoms. The van der Waals surface area contributed by atoms with Crippen molar-refractivity contribution in [1.82, 2.24) is 9.88 Å². The Hall–Kier alpha value is -3.28. The maximum atomic E-state index is 12.9. The predicted molar refractivity (Wildman–Crippen MR) is 110 cm³/mol. The molecule has 2 aromatic carbocycles. The molecule has 6 nitrogen and oxygen atoms in total. The number of rotatable bonds is 5. The summed E-state index contributed by atoms with van der Waals surface area (Å²) in [6.45, 7) is 2.29. The number of carbonyl (C=O) groups excluding carboxylic acids is 1. The van der Waals surface area contributed by atoms with Gasteiger partial charge in [0, 0.05) is 28.9 Å². The van der Waals surface area contributed by atoms with E-state index in [0.29, 0.717) is 17.0 Å². The minimum Gasteiger partial charge on any atom is -0.497 e. The van der Waals surface area contributed by atoms with Crippen molar-refractivity contribution in [3.05, 3.63) is 70.0 Å². The molecule has 0 bridgehead atoms. The van der Waals surface area contributed by atoms with Gasteiger partial charge in [0.25, 0.3) is 5.56 Å². The lowest BCUT2D eigenvalue weighted by molar-refractivity contribution is 0.206. The van der Waals surface area contributed by atoms with Gasteiger partial charge in [-0.1, -0.05) is 17.7 Å². The van der Waals surface area contributed by atoms with E-state index in [2.05, 4.69) is 10.3 Å². The number of urea groups is 1. The quantitative estimate of drug-likeness (QED) is 0.705. The monoisotopic (exact) mass is 377 g/mol. The van der Waals surface area contributed by atoms with Gasteiger partial charge < -0.3 is 19.9 Å². The largest absolute Gasteiger partial charge is 0.497 e. The van der Waals surface area contributed by atoms with E-state index in [4.69, 9.17) is 4.74 Å². The first kappa shape index (κ1) is 18.1. The van der Waals surface area contributed by atoms with E-state index in [1.807, 2.05) is 49.4 Å². The average molecular weight is 377 g/mol. The van der Waals surface area contributed by atoms with E-state index < -0.39 is 0 Å². The molecule has 0 unspecified atom stereocenters. The molecule has 0 spiro atoms. The van der Waals surface area contributed by atoms with Crippen LogP contribution in [0.15, 0.2) is 53.3 Å². The molecule has 0 saturated heterocycles. The zero-order valence-electron chi connectivity index (χ0n) is 16.0. The number of benzene rings is 2. The second-order valence-corrected chi connectivity index (χ2v) is 7.24. The van der Waals surface area contributed by atoms with Crippen LogP contribution in [0.2, 0.25) is 0 Å². The fraction of sp³-hybridized carbons (Fsp3) is 0.273. The molecule has 1 aromatic heterocycles. The number of anilines is 1. The summed E-state index contributed by atoms with van der Waals surface area (Å²) in [5.41, 5.74) is 3.03. The highest BCUT2D eigenvalue weighted by atomic mass is 16.5. The number of pyridine rings is 1. The number of nitrogens with one attached hydrogen (secondary N) is 2. The van der Waals surface area contributed by atoms with E-state index in [0.717, 1.165) is 29.3 Å². The van der Waals surface area contributed by atoms with Crippen molar-refractivity contribution in [1.29, 1.82) is 0 Å². The van der Waals surface area contributed by atoms with Gasteiger partial charge in [0.1, 0.15) is 5.75 Å². The van der Waals surface area contributed by atoms with E-state index in [1.165, 1.54) is 0 Å². The minimum atomic E-state index is -0.209. The van der Waals surface area contributed by atoms with Crippen molar-refractivity contribution >= 4 is 22.6 Å². The fourth-order valence-electron chi connectivity index (χ4n) is 3.32. The summed E-state index contributed by atoms with van der Waals surface area (Å²) >= 11 is 0. The van der Waals surface area contributed by atoms with Gasteiger partial charge in [0.2, 0.25) is 0 Å². The predicted octanol–water partition coefficient (Wildman–Crippen LogP) is 4.04. The van der Waals surface area contributed by atoms with Crippen LogP contribution in [0, 0.1) is 6.92 Å². The van der Waals surface area contributed by atoms with E-state index >= 15 is 0 Å². The first-order valence-corrected chi connectivity index (χ1v) is 9.38. The highest BCUT2D eigenvalue weighted by Crippen LogP contribution is 2.29. The molecule has 0 radical (unpaired) electrons. The molecule has 1 saturated carbocycles. The molecular formula is C22H23N3O3. The van der Waals surface area contributed by atoms with Crippen LogP contribution in [-0.2, 0) is 6.54 Å². The molecule has 2 N–H and O–H groups in total. The van der Waals surface area contributed by atoms with Crippen LogP contribution in [0.5, 0.6) is 5.75 Å². The number of carbonyl (C=O) groups is 1. The molecule has 1 heterocycles. The van der Waals surface area contributed by atoms with Gasteiger partial charge in [0.15, 0.2) is 0 Å². The van der Waals surface area contributed by atoms with Gasteiger partial charge in [-0.2, -0.15) is 0 Å². The topological polar surface area (TPSA) is 74.4 Å². The lowest BCUT2D eigenvalue weighted by Crippen LogP contribution is -2.37. The number of amides is 2. The van der Waals surface area contributed by atoms with Crippen LogP contribution in [0.3, 0.4) is 0 Å². The maximum Gasteiger partial charge on any atom is 0.322 e. The Morgan fingerprint density at radius 3 is 2.79 bits per heavy atom. The molecule has 3 aromatic rings. The first-order valence-electron chi connectivity index (χ1n) is 9.38. The Morgan fingerprint density at radius 1 is 1.21 bits per heavy atom. The Balaban J connectivity index is 1.58. The van der Waals surface area contributed by atoms with Gasteiger partial charge >= 0.3 is 6.03 Å². The molecule has 4 rings (SSSR count). The fourth-order valence-corrected chi connectivity index (χ4v) is 3.32. The van der Waals surface area contributed by atoms with Crippen LogP contribution in [-0.4, -0.2) is 29.1 Å². The number of ether oxygens (including phenoxy) is 1. The van der Waals surface area contributed by atoms with E-state index in [9.17, 15) is 9.59 Å². The van der Waals surface area contributed by atoms with Gasteiger partial charge in [-0.05, 0) is 55.5 Å². The lowest BCUT2D eigenvalue weighted by Gasteiger charge is -2.23. The van der Waals surface area contributed by atoms with Gasteiger partial charge in [-0.15, -0.1) is 0 Å². The summed E-state index contributed by atoms with van der Waals surface area (Å²) in [5, 5.41) is 3.89. The summed E-state index contributed by atoms with van der Waals surface area (Å²) in [7, 11) is 1.59. The normalized spacial score (nSPS) is 13.4. The summed E-state index contributed by atoms with van der Waals surface area (Å²) in [6.07, 6.45) is 1.91. The third-order valence-electron chi connectivity index (χ3n) is 4.99. The molecule has 144 valence electrons. The minimum absolute atomic E-state index is 0.156. The van der Waals surface area contributed by atoms with Crippen LogP contribution < -0.4 is 15.6 Å². The number of nitrogens with zero attached hydrogens (tertiary/aromatic N) is 1. The number of hydrogen-bond donors (Lipinski definition) is 2. The summed E-state index contributed by atoms with van der Waals surface area (Å²) in [6, 6.07) is 15.0. The number of methoxy groups -OCH3 is 1. The molecule has 2 amide bonds. The maximum absolute atomic E-state index is 12.9. The SMILES string of the molecule is COc1cccc(NC(=O)N(Cc2cc3cc(C)ccc3[nH]c2=O)C2CC2)c1. The lowest BCUT2D eigenvalue weighted by atomic mass is 10.1. The number of fused-ring (bicyclic) bond motifs is 1. The summed E-state index contributed by atoms with van der Waals surface area (Å²) in [4.78, 5) is 30.1. The number of aromatic amines is 1. The van der Waals surface area contributed by atoms with Gasteiger partial charge in [-0.3, -0.25) is 4.79 Å². The number of hydrogen-bond acceptors (Lipinski definition) is 3. The Morgan fingerprint density at radius 2 is 2.04 bits per heavy atom. The van der Waals surface area contributed by atoms with E-state index in [1.54, 1.807) is 18.1 Å². The highest BCUT2D eigenvalue weighted by molar-refractivity contribution is 5.90. The van der Waals surface area contributed by atoms with Gasteiger partial charge in [-0.25, -0.2) is 4.79 Å². The highest BCUT2D eigenvalue weighted by Gasteiger charge is 2.33. The standard InChI is InChI=1S/C22H23N3O3/c1-14-6-9-20-15(10-14)11-16(21(26)24-20)13-25(18-7-8-18)22(27)23-17-4-3-5-19(12-17)28-2/h3-6,9-12,18H,7-8,13H2,1-2H3,(H,23,27)(H,24,26). The molecule has 0 aliphatic heterocycles. The van der Waals surface area contributed by atoms with Crippen molar-refractivity contribution in [3.63, 3.8) is 0 Å². The van der Waals surface area contributed by atoms with Crippen LogP contribution >= 0.6 is 0 Å². The van der Waals surface area contributed by atoms with Gasteiger partial charge in [0.05, 0.1) is 13.7 Å². The molecule has 1 fully saturated rings. The van der Waals surface area contributed by atoms with Crippen LogP contribution in [0.4, 0.5) is 10.5 Å². The molecular weight excluding hydrogens is 354 g/mol. The summed E-state index contributed by atoms with van der Waals surface area (Å²) in [5.74, 6) is 0.678. The first-order chi connectivity index (χ1) is 13.5. The smallest absolute Gasteiger partial charge is 0.322 e. The molecule has 1 aliphatic rings. The Kier molecular flexibility index (Phi) is 4.77. The zero-order valence-corrected chi connectivity index (χ0v) is 16.0. The van der Waals surface area contributed by atoms with Crippen molar-refractivity contribution in [3.8, 4) is 5.75 Å². The van der Waals surface area contributed by atoms with Crippen molar-refractivity contribution in [2.45, 2.75) is 32.4 Å². The van der Waals surface area contributed by atoms with Crippen molar-refractivity contribution < 1.29 is 9.53 Å². The molecule has 0 atom stereocenters. The number of aryl methyl sites for hydroxylation is 1. The molecule has 1 aliphatic carbocycles. The number of aromatic nitrogens is 1. The Bertz CT molecular complexity index is 1090. The second-order valence-electron chi connectivity index (χ2n) is 7.24. The number of H-pyrrole nitrogens is 1. The summed E-state index contributed by atoms with van der Waals surface area (Å²) < 4.78 is 5.21. The average Bonchev–Trinajstić information content (AvgIpc) is 3.51. The third kappa shape index (κ3) is 3.86. The second kappa shape index (κ2) is 7.38. The van der Waals surface area contributed by atoms with Crippen molar-refractivity contribution in [2.75, 3.05) is 12.4 Å².